The molecule has 6 nitrogen and oxygen atoms in total. The highest BCUT2D eigenvalue weighted by atomic mass is 32.2. The van der Waals surface area contributed by atoms with Crippen LogP contribution in [0, 0.1) is 11.3 Å². The predicted octanol–water partition coefficient (Wildman–Crippen LogP) is 1.63. The second kappa shape index (κ2) is 6.79. The summed E-state index contributed by atoms with van der Waals surface area (Å²) in [6.45, 7) is 5.35. The summed E-state index contributed by atoms with van der Waals surface area (Å²) in [7, 11) is -3.64. The van der Waals surface area contributed by atoms with Crippen molar-refractivity contribution in [2.45, 2.75) is 32.7 Å². The van der Waals surface area contributed by atoms with E-state index in [0.29, 0.717) is 11.3 Å². The molecule has 1 amide bonds. The minimum atomic E-state index is -3.64. The van der Waals surface area contributed by atoms with E-state index in [0.717, 1.165) is 17.0 Å². The van der Waals surface area contributed by atoms with Gasteiger partial charge in [0, 0.05) is 5.54 Å². The molecule has 0 spiro atoms. The third kappa shape index (κ3) is 5.04. The zero-order chi connectivity index (χ0) is 17.0. The van der Waals surface area contributed by atoms with Gasteiger partial charge >= 0.3 is 0 Å². The molecule has 0 heterocycles. The largest absolute Gasteiger partial charge is 0.350 e. The van der Waals surface area contributed by atoms with Crippen LogP contribution >= 0.6 is 0 Å². The van der Waals surface area contributed by atoms with Gasteiger partial charge in [-0.2, -0.15) is 5.26 Å². The molecule has 0 fully saturated rings. The van der Waals surface area contributed by atoms with Crippen molar-refractivity contribution in [3.63, 3.8) is 0 Å². The molecule has 0 atom stereocenters. The number of rotatable bonds is 6. The number of hydrogen-bond donors (Lipinski definition) is 1. The third-order valence-electron chi connectivity index (χ3n) is 3.31. The fraction of sp³-hybridized carbons (Fsp3) is 0.467. The van der Waals surface area contributed by atoms with E-state index in [1.54, 1.807) is 18.2 Å². The summed E-state index contributed by atoms with van der Waals surface area (Å²) in [5, 5.41) is 11.7. The Bertz CT molecular complexity index is 690. The molecule has 7 heteroatoms. The van der Waals surface area contributed by atoms with Gasteiger partial charge in [0.05, 0.1) is 23.6 Å². The normalized spacial score (nSPS) is 11.6. The topological polar surface area (TPSA) is 90.3 Å². The Kier molecular flexibility index (Phi) is 5.55. The third-order valence-corrected chi connectivity index (χ3v) is 4.45. The van der Waals surface area contributed by atoms with Gasteiger partial charge in [0.15, 0.2) is 0 Å². The van der Waals surface area contributed by atoms with E-state index in [-0.39, 0.29) is 12.5 Å². The van der Waals surface area contributed by atoms with E-state index in [9.17, 15) is 13.2 Å². The van der Waals surface area contributed by atoms with Gasteiger partial charge < -0.3 is 5.32 Å². The molecule has 120 valence electrons. The molecule has 0 unspecified atom stereocenters. The summed E-state index contributed by atoms with van der Waals surface area (Å²) in [5.74, 6) is -0.389. The van der Waals surface area contributed by atoms with Crippen molar-refractivity contribution in [2.75, 3.05) is 17.1 Å². The standard InChI is InChI=1S/C15H21N3O3S/c1-5-15(2,3)17-14(19)11-18(22(4,20)21)13-8-6-7-12(9-13)10-16/h6-9H,5,11H2,1-4H3,(H,17,19). The van der Waals surface area contributed by atoms with E-state index < -0.39 is 15.6 Å². The quantitative estimate of drug-likeness (QED) is 0.861. The lowest BCUT2D eigenvalue weighted by atomic mass is 10.0. The first kappa shape index (κ1) is 18.0. The molecule has 0 aromatic heterocycles. The highest BCUT2D eigenvalue weighted by molar-refractivity contribution is 7.92. The van der Waals surface area contributed by atoms with Gasteiger partial charge in [-0.1, -0.05) is 13.0 Å². The Morgan fingerprint density at radius 2 is 2.05 bits per heavy atom. The maximum Gasteiger partial charge on any atom is 0.241 e. The predicted molar refractivity (Wildman–Crippen MR) is 85.9 cm³/mol. The smallest absolute Gasteiger partial charge is 0.241 e. The Labute approximate surface area is 131 Å². The van der Waals surface area contributed by atoms with Gasteiger partial charge in [-0.15, -0.1) is 0 Å². The number of sulfonamides is 1. The fourth-order valence-corrected chi connectivity index (χ4v) is 2.61. The average Bonchev–Trinajstić information content (AvgIpc) is 2.43. The zero-order valence-electron chi connectivity index (χ0n) is 13.3. The molecule has 22 heavy (non-hydrogen) atoms. The molecule has 0 aliphatic heterocycles. The van der Waals surface area contributed by atoms with Gasteiger partial charge in [-0.25, -0.2) is 8.42 Å². The van der Waals surface area contributed by atoms with Crippen molar-refractivity contribution in [1.82, 2.24) is 5.32 Å². The Balaban J connectivity index is 3.06. The minimum Gasteiger partial charge on any atom is -0.350 e. The SMILES string of the molecule is CCC(C)(C)NC(=O)CN(c1cccc(C#N)c1)S(C)(=O)=O. The van der Waals surface area contributed by atoms with E-state index in [4.69, 9.17) is 5.26 Å². The number of amides is 1. The Morgan fingerprint density at radius 3 is 2.55 bits per heavy atom. The van der Waals surface area contributed by atoms with Gasteiger partial charge in [0.25, 0.3) is 0 Å². The van der Waals surface area contributed by atoms with E-state index in [1.165, 1.54) is 6.07 Å². The lowest BCUT2D eigenvalue weighted by Crippen LogP contribution is -2.48. The first-order chi connectivity index (χ1) is 10.1. The summed E-state index contributed by atoms with van der Waals surface area (Å²) in [6, 6.07) is 8.11. The molecule has 1 aromatic rings. The van der Waals surface area contributed by atoms with Crippen LogP contribution in [0.4, 0.5) is 5.69 Å². The van der Waals surface area contributed by atoms with E-state index >= 15 is 0 Å². The van der Waals surface area contributed by atoms with E-state index in [1.807, 2.05) is 26.8 Å². The van der Waals surface area contributed by atoms with Crippen LogP contribution in [0.15, 0.2) is 24.3 Å². The first-order valence-electron chi connectivity index (χ1n) is 6.88. The highest BCUT2D eigenvalue weighted by Gasteiger charge is 2.24. The first-order valence-corrected chi connectivity index (χ1v) is 8.73. The molecule has 0 aliphatic carbocycles. The van der Waals surface area contributed by atoms with Crippen molar-refractivity contribution >= 4 is 21.6 Å². The van der Waals surface area contributed by atoms with Crippen LogP contribution in [-0.2, 0) is 14.8 Å². The van der Waals surface area contributed by atoms with E-state index in [2.05, 4.69) is 5.32 Å². The Morgan fingerprint density at radius 1 is 1.41 bits per heavy atom. The van der Waals surface area contributed by atoms with Crippen molar-refractivity contribution in [3.8, 4) is 6.07 Å². The molecule has 0 aliphatic rings. The minimum absolute atomic E-state index is 0.297. The lowest BCUT2D eigenvalue weighted by molar-refractivity contribution is -0.121. The number of carbonyl (C=O) groups excluding carboxylic acids is 1. The molecular weight excluding hydrogens is 302 g/mol. The number of benzene rings is 1. The molecule has 1 aromatic carbocycles. The van der Waals surface area contributed by atoms with Crippen LogP contribution in [0.5, 0.6) is 0 Å². The molecule has 0 saturated heterocycles. The molecule has 0 radical (unpaired) electrons. The summed E-state index contributed by atoms with van der Waals surface area (Å²) in [4.78, 5) is 12.1. The number of carbonyl (C=O) groups is 1. The van der Waals surface area contributed by atoms with Gasteiger partial charge in [-0.05, 0) is 38.5 Å². The number of hydrogen-bond acceptors (Lipinski definition) is 4. The number of anilines is 1. The molecule has 1 rings (SSSR count). The van der Waals surface area contributed by atoms with Gasteiger partial charge in [0.2, 0.25) is 15.9 Å². The summed E-state index contributed by atoms with van der Waals surface area (Å²) in [6.07, 6.45) is 1.76. The maximum atomic E-state index is 12.1. The molecular formula is C15H21N3O3S. The molecule has 0 saturated carbocycles. The van der Waals surface area contributed by atoms with Crippen LogP contribution in [0.3, 0.4) is 0 Å². The molecule has 0 bridgehead atoms. The van der Waals surface area contributed by atoms with Crippen molar-refractivity contribution < 1.29 is 13.2 Å². The zero-order valence-corrected chi connectivity index (χ0v) is 14.1. The Hall–Kier alpha value is -2.07. The van der Waals surface area contributed by atoms with Crippen LogP contribution in [-0.4, -0.2) is 32.7 Å². The number of nitrogens with zero attached hydrogens (tertiary/aromatic N) is 2. The van der Waals surface area contributed by atoms with Crippen molar-refractivity contribution in [1.29, 1.82) is 5.26 Å². The lowest BCUT2D eigenvalue weighted by Gasteiger charge is -2.27. The van der Waals surface area contributed by atoms with Crippen LogP contribution in [0.1, 0.15) is 32.8 Å². The number of nitriles is 1. The second-order valence-electron chi connectivity index (χ2n) is 5.72. The van der Waals surface area contributed by atoms with Crippen LogP contribution in [0.25, 0.3) is 0 Å². The summed E-state index contributed by atoms with van der Waals surface area (Å²) < 4.78 is 24.9. The maximum absolute atomic E-state index is 12.1. The highest BCUT2D eigenvalue weighted by Crippen LogP contribution is 2.19. The van der Waals surface area contributed by atoms with Crippen molar-refractivity contribution in [3.05, 3.63) is 29.8 Å². The summed E-state index contributed by atoms with van der Waals surface area (Å²) >= 11 is 0. The molecule has 1 N–H and O–H groups in total. The average molecular weight is 323 g/mol. The summed E-state index contributed by atoms with van der Waals surface area (Å²) in [5.41, 5.74) is 0.223. The second-order valence-corrected chi connectivity index (χ2v) is 7.62. The van der Waals surface area contributed by atoms with Gasteiger partial charge in [-0.3, -0.25) is 9.10 Å². The fourth-order valence-electron chi connectivity index (χ4n) is 1.77. The van der Waals surface area contributed by atoms with Gasteiger partial charge in [0.1, 0.15) is 6.54 Å². The van der Waals surface area contributed by atoms with Crippen LogP contribution < -0.4 is 9.62 Å². The monoisotopic (exact) mass is 323 g/mol. The van der Waals surface area contributed by atoms with Crippen LogP contribution in [0.2, 0.25) is 0 Å². The number of nitrogens with one attached hydrogen (secondary N) is 1. The van der Waals surface area contributed by atoms with Crippen molar-refractivity contribution in [2.24, 2.45) is 0 Å².